The first-order chi connectivity index (χ1) is 13.6. The number of rotatable bonds is 20. The minimum atomic E-state index is -0.696. The van der Waals surface area contributed by atoms with Crippen molar-refractivity contribution in [1.82, 2.24) is 0 Å². The number of aliphatic carboxylic acids is 1. The molecule has 0 amide bonds. The molecule has 0 aromatic carbocycles. The normalized spacial score (nSPS) is 12.4. The van der Waals surface area contributed by atoms with Gasteiger partial charge < -0.3 is 9.84 Å². The molecule has 164 valence electrons. The number of carboxylic acids is 1. The Morgan fingerprint density at radius 3 is 2.11 bits per heavy atom. The molecule has 1 N–H and O–H groups in total. The van der Waals surface area contributed by atoms with E-state index in [1.165, 1.54) is 19.3 Å². The lowest BCUT2D eigenvalue weighted by Crippen LogP contribution is -2.17. The second kappa shape index (κ2) is 20.4. The van der Waals surface area contributed by atoms with E-state index >= 15 is 0 Å². The lowest BCUT2D eigenvalue weighted by Gasteiger charge is -2.16. The van der Waals surface area contributed by atoms with E-state index in [0.717, 1.165) is 77.0 Å². The molecule has 0 aliphatic heterocycles. The average Bonchev–Trinajstić information content (AvgIpc) is 2.66. The van der Waals surface area contributed by atoms with Crippen LogP contribution in [-0.4, -0.2) is 23.1 Å². The van der Waals surface area contributed by atoms with Gasteiger partial charge in [-0.25, -0.2) is 0 Å². The largest absolute Gasteiger partial charge is 0.481 e. The fourth-order valence-electron chi connectivity index (χ4n) is 3.22. The van der Waals surface area contributed by atoms with Gasteiger partial charge in [-0.3, -0.25) is 9.59 Å². The molecule has 0 spiro atoms. The summed E-state index contributed by atoms with van der Waals surface area (Å²) in [6.07, 6.45) is 21.2. The van der Waals surface area contributed by atoms with E-state index in [1.54, 1.807) is 0 Å². The summed E-state index contributed by atoms with van der Waals surface area (Å²) in [5.41, 5.74) is 0. The molecule has 4 heteroatoms. The fourth-order valence-corrected chi connectivity index (χ4v) is 3.22. The van der Waals surface area contributed by atoms with Gasteiger partial charge in [0, 0.05) is 19.3 Å². The fraction of sp³-hybridized carbons (Fsp3) is 0.833. The summed E-state index contributed by atoms with van der Waals surface area (Å²) in [5, 5.41) is 8.61. The van der Waals surface area contributed by atoms with E-state index in [4.69, 9.17) is 9.84 Å². The predicted octanol–water partition coefficient (Wildman–Crippen LogP) is 7.21. The number of ether oxygens (including phenoxy) is 1. The first-order valence-corrected chi connectivity index (χ1v) is 11.7. The highest BCUT2D eigenvalue weighted by molar-refractivity contribution is 5.69. The molecule has 0 bridgehead atoms. The molecular weight excluding hydrogens is 352 g/mol. The molecule has 4 nitrogen and oxygen atoms in total. The van der Waals surface area contributed by atoms with Crippen LogP contribution in [0.4, 0.5) is 0 Å². The van der Waals surface area contributed by atoms with Crippen molar-refractivity contribution in [1.29, 1.82) is 0 Å². The van der Waals surface area contributed by atoms with Crippen LogP contribution in [0.25, 0.3) is 0 Å². The van der Waals surface area contributed by atoms with E-state index in [-0.39, 0.29) is 18.5 Å². The monoisotopic (exact) mass is 396 g/mol. The number of allylic oxidation sites excluding steroid dienone is 1. The third-order valence-electron chi connectivity index (χ3n) is 4.99. The average molecular weight is 397 g/mol. The zero-order valence-electron chi connectivity index (χ0n) is 18.4. The Bertz CT molecular complexity index is 403. The second-order valence-electron chi connectivity index (χ2n) is 7.83. The van der Waals surface area contributed by atoms with E-state index in [1.807, 2.05) is 0 Å². The summed E-state index contributed by atoms with van der Waals surface area (Å²) in [4.78, 5) is 22.5. The summed E-state index contributed by atoms with van der Waals surface area (Å²) in [5.74, 6) is -0.734. The van der Waals surface area contributed by atoms with Gasteiger partial charge in [-0.15, -0.1) is 0 Å². The van der Waals surface area contributed by atoms with E-state index in [9.17, 15) is 9.59 Å². The Kier molecular flexibility index (Phi) is 19.5. The van der Waals surface area contributed by atoms with Crippen LogP contribution in [-0.2, 0) is 14.3 Å². The SMILES string of the molecule is CCCCCCC(C/C=C/CCCCCCCC(=O)O)OC(=O)CCCCC. The van der Waals surface area contributed by atoms with E-state index in [0.29, 0.717) is 6.42 Å². The Hall–Kier alpha value is -1.32. The minimum absolute atomic E-state index is 0.0262. The maximum atomic E-state index is 12.0. The number of carbonyl (C=O) groups excluding carboxylic acids is 1. The number of carboxylic acid groups (broad SMARTS) is 1. The lowest BCUT2D eigenvalue weighted by atomic mass is 10.1. The molecule has 1 atom stereocenters. The van der Waals surface area contributed by atoms with Crippen LogP contribution in [0, 0.1) is 0 Å². The molecular formula is C24H44O4. The minimum Gasteiger partial charge on any atom is -0.481 e. The van der Waals surface area contributed by atoms with Gasteiger partial charge in [-0.2, -0.15) is 0 Å². The van der Waals surface area contributed by atoms with Crippen molar-refractivity contribution in [3.05, 3.63) is 12.2 Å². The molecule has 0 saturated heterocycles. The molecule has 0 aromatic heterocycles. The predicted molar refractivity (Wildman–Crippen MR) is 116 cm³/mol. The van der Waals surface area contributed by atoms with E-state index in [2.05, 4.69) is 26.0 Å². The van der Waals surface area contributed by atoms with Gasteiger partial charge in [0.1, 0.15) is 6.10 Å². The van der Waals surface area contributed by atoms with Crippen molar-refractivity contribution in [2.75, 3.05) is 0 Å². The first kappa shape index (κ1) is 26.7. The van der Waals surface area contributed by atoms with Crippen molar-refractivity contribution in [3.63, 3.8) is 0 Å². The highest BCUT2D eigenvalue weighted by Crippen LogP contribution is 2.15. The quantitative estimate of drug-likeness (QED) is 0.134. The van der Waals surface area contributed by atoms with Gasteiger partial charge in [0.2, 0.25) is 0 Å². The van der Waals surface area contributed by atoms with Crippen LogP contribution in [0.1, 0.15) is 123 Å². The maximum absolute atomic E-state index is 12.0. The van der Waals surface area contributed by atoms with Gasteiger partial charge in [0.05, 0.1) is 0 Å². The zero-order chi connectivity index (χ0) is 20.9. The van der Waals surface area contributed by atoms with Gasteiger partial charge in [0.25, 0.3) is 0 Å². The van der Waals surface area contributed by atoms with Crippen LogP contribution in [0.15, 0.2) is 12.2 Å². The Labute approximate surface area is 173 Å². The van der Waals surface area contributed by atoms with Crippen LogP contribution < -0.4 is 0 Å². The van der Waals surface area contributed by atoms with Crippen LogP contribution in [0.5, 0.6) is 0 Å². The van der Waals surface area contributed by atoms with Gasteiger partial charge in [-0.1, -0.05) is 77.4 Å². The summed E-state index contributed by atoms with van der Waals surface area (Å²) >= 11 is 0. The summed E-state index contributed by atoms with van der Waals surface area (Å²) in [7, 11) is 0. The number of unbranched alkanes of at least 4 members (excludes halogenated alkanes) is 10. The Morgan fingerprint density at radius 2 is 1.39 bits per heavy atom. The highest BCUT2D eigenvalue weighted by Gasteiger charge is 2.12. The van der Waals surface area contributed by atoms with Crippen molar-refractivity contribution in [3.8, 4) is 0 Å². The standard InChI is InChI=1S/C24H44O4/c1-3-5-7-15-18-22(28-24(27)21-14-6-4-2)19-16-12-10-8-9-11-13-17-20-23(25)26/h12,16,22H,3-11,13-15,17-21H2,1-2H3,(H,25,26)/b16-12+. The number of esters is 1. The third-order valence-corrected chi connectivity index (χ3v) is 4.99. The van der Waals surface area contributed by atoms with E-state index < -0.39 is 5.97 Å². The Morgan fingerprint density at radius 1 is 0.786 bits per heavy atom. The number of carbonyl (C=O) groups is 2. The molecule has 0 rings (SSSR count). The lowest BCUT2D eigenvalue weighted by molar-refractivity contribution is -0.149. The first-order valence-electron chi connectivity index (χ1n) is 11.7. The van der Waals surface area contributed by atoms with Crippen molar-refractivity contribution >= 4 is 11.9 Å². The topological polar surface area (TPSA) is 63.6 Å². The summed E-state index contributed by atoms with van der Waals surface area (Å²) in [6, 6.07) is 0. The zero-order valence-corrected chi connectivity index (χ0v) is 18.4. The van der Waals surface area contributed by atoms with Gasteiger partial charge in [-0.05, 0) is 38.5 Å². The molecule has 0 aliphatic rings. The van der Waals surface area contributed by atoms with Gasteiger partial charge >= 0.3 is 11.9 Å². The van der Waals surface area contributed by atoms with Crippen molar-refractivity contribution < 1.29 is 19.4 Å². The highest BCUT2D eigenvalue weighted by atomic mass is 16.5. The molecule has 0 fully saturated rings. The molecule has 28 heavy (non-hydrogen) atoms. The molecule has 0 heterocycles. The molecule has 1 unspecified atom stereocenters. The molecule has 0 aromatic rings. The molecule has 0 aliphatic carbocycles. The molecule has 0 radical (unpaired) electrons. The summed E-state index contributed by atoms with van der Waals surface area (Å²) < 4.78 is 5.73. The van der Waals surface area contributed by atoms with Gasteiger partial charge in [0.15, 0.2) is 0 Å². The van der Waals surface area contributed by atoms with Crippen molar-refractivity contribution in [2.24, 2.45) is 0 Å². The summed E-state index contributed by atoms with van der Waals surface area (Å²) in [6.45, 7) is 4.35. The maximum Gasteiger partial charge on any atom is 0.306 e. The number of hydrogen-bond acceptors (Lipinski definition) is 3. The number of hydrogen-bond donors (Lipinski definition) is 1. The second-order valence-corrected chi connectivity index (χ2v) is 7.83. The Balaban J connectivity index is 3.98. The smallest absolute Gasteiger partial charge is 0.306 e. The van der Waals surface area contributed by atoms with Crippen LogP contribution >= 0.6 is 0 Å². The third kappa shape index (κ3) is 19.4. The van der Waals surface area contributed by atoms with Crippen LogP contribution in [0.3, 0.4) is 0 Å². The van der Waals surface area contributed by atoms with Crippen LogP contribution in [0.2, 0.25) is 0 Å². The van der Waals surface area contributed by atoms with Crippen molar-refractivity contribution in [2.45, 2.75) is 129 Å². The molecule has 0 saturated carbocycles.